The second-order valence-corrected chi connectivity index (χ2v) is 11.3. The number of sulfone groups is 1. The summed E-state index contributed by atoms with van der Waals surface area (Å²) in [6.45, 7) is 0.110. The first-order chi connectivity index (χ1) is 15.0. The molecule has 2 N–H and O–H groups in total. The van der Waals surface area contributed by atoms with Gasteiger partial charge < -0.3 is 4.90 Å². The summed E-state index contributed by atoms with van der Waals surface area (Å²) in [5, 5.41) is 2.23. The quantitative estimate of drug-likeness (QED) is 0.601. The highest BCUT2D eigenvalue weighted by Gasteiger charge is 2.39. The third-order valence-corrected chi connectivity index (χ3v) is 7.86. The van der Waals surface area contributed by atoms with E-state index in [0.29, 0.717) is 11.1 Å². The Bertz CT molecular complexity index is 1350. The minimum atomic E-state index is -4.00. The first-order valence-corrected chi connectivity index (χ1v) is 12.9. The van der Waals surface area contributed by atoms with Crippen LogP contribution < -0.4 is 10.0 Å². The van der Waals surface area contributed by atoms with E-state index in [4.69, 9.17) is 0 Å². The van der Waals surface area contributed by atoms with Crippen LogP contribution in [0.15, 0.2) is 52.3 Å². The fraction of sp³-hybridized carbons (Fsp3) is 0.250. The van der Waals surface area contributed by atoms with Crippen molar-refractivity contribution in [3.8, 4) is 0 Å². The highest BCUT2D eigenvalue weighted by Crippen LogP contribution is 2.30. The number of benzene rings is 2. The fourth-order valence-electron chi connectivity index (χ4n) is 3.72. The third kappa shape index (κ3) is 4.10. The number of fused-ring (bicyclic) bond motifs is 1. The van der Waals surface area contributed by atoms with Crippen molar-refractivity contribution in [2.75, 3.05) is 11.0 Å². The molecule has 2 aliphatic heterocycles. The summed E-state index contributed by atoms with van der Waals surface area (Å²) in [6, 6.07) is 8.48. The van der Waals surface area contributed by atoms with Crippen LogP contribution in [-0.2, 0) is 36.0 Å². The normalized spacial score (nSPS) is 19.0. The lowest BCUT2D eigenvalue weighted by Crippen LogP contribution is -2.52. The number of rotatable bonds is 5. The van der Waals surface area contributed by atoms with Crippen LogP contribution >= 0.6 is 0 Å². The molecule has 168 valence electrons. The van der Waals surface area contributed by atoms with E-state index in [1.54, 1.807) is 0 Å². The molecule has 2 heterocycles. The molecule has 1 saturated heterocycles. The van der Waals surface area contributed by atoms with Crippen LogP contribution in [-0.4, -0.2) is 51.8 Å². The van der Waals surface area contributed by atoms with Crippen molar-refractivity contribution in [1.29, 1.82) is 0 Å². The SMILES string of the molecule is CS(=O)(=O)c1ccc(S(=O)(=O)Nc2ccc3c(c2)CN(C2CCC(=O)NC2=O)C3=O)cc1. The Balaban J connectivity index is 1.54. The van der Waals surface area contributed by atoms with Gasteiger partial charge in [-0.1, -0.05) is 0 Å². The number of hydrogen-bond acceptors (Lipinski definition) is 7. The number of nitrogens with one attached hydrogen (secondary N) is 2. The van der Waals surface area contributed by atoms with Gasteiger partial charge in [-0.3, -0.25) is 24.4 Å². The van der Waals surface area contributed by atoms with E-state index >= 15 is 0 Å². The highest BCUT2D eigenvalue weighted by molar-refractivity contribution is 7.92. The van der Waals surface area contributed by atoms with Gasteiger partial charge in [0.05, 0.1) is 9.79 Å². The van der Waals surface area contributed by atoms with E-state index in [-0.39, 0.29) is 46.7 Å². The van der Waals surface area contributed by atoms with Crippen LogP contribution in [0.4, 0.5) is 5.69 Å². The Morgan fingerprint density at radius 1 is 0.969 bits per heavy atom. The van der Waals surface area contributed by atoms with Gasteiger partial charge in [-0.15, -0.1) is 0 Å². The molecule has 0 bridgehead atoms. The zero-order chi connectivity index (χ0) is 23.3. The van der Waals surface area contributed by atoms with E-state index in [9.17, 15) is 31.2 Å². The second-order valence-electron chi connectivity index (χ2n) is 7.62. The first-order valence-electron chi connectivity index (χ1n) is 9.56. The van der Waals surface area contributed by atoms with Gasteiger partial charge in [0, 0.05) is 30.5 Å². The van der Waals surface area contributed by atoms with Gasteiger partial charge in [0.15, 0.2) is 9.84 Å². The molecule has 0 spiro atoms. The molecule has 2 aromatic rings. The molecule has 3 amide bonds. The summed E-state index contributed by atoms with van der Waals surface area (Å²) in [6.07, 6.45) is 1.39. The number of sulfonamides is 1. The van der Waals surface area contributed by atoms with Crippen molar-refractivity contribution < 1.29 is 31.2 Å². The predicted octanol–water partition coefficient (Wildman–Crippen LogP) is 0.652. The summed E-state index contributed by atoms with van der Waals surface area (Å²) >= 11 is 0. The minimum absolute atomic E-state index is 0.000958. The lowest BCUT2D eigenvalue weighted by atomic mass is 10.0. The predicted molar refractivity (Wildman–Crippen MR) is 113 cm³/mol. The summed E-state index contributed by atoms with van der Waals surface area (Å²) in [5.74, 6) is -1.27. The Labute approximate surface area is 184 Å². The monoisotopic (exact) mass is 477 g/mol. The number of piperidine rings is 1. The molecule has 0 radical (unpaired) electrons. The molecule has 32 heavy (non-hydrogen) atoms. The average molecular weight is 478 g/mol. The Morgan fingerprint density at radius 3 is 2.25 bits per heavy atom. The van der Waals surface area contributed by atoms with E-state index in [1.807, 2.05) is 0 Å². The molecule has 1 atom stereocenters. The zero-order valence-electron chi connectivity index (χ0n) is 16.9. The topological polar surface area (TPSA) is 147 Å². The number of nitrogens with zero attached hydrogens (tertiary/aromatic N) is 1. The van der Waals surface area contributed by atoms with Gasteiger partial charge in [-0.25, -0.2) is 16.8 Å². The van der Waals surface area contributed by atoms with Crippen molar-refractivity contribution in [3.63, 3.8) is 0 Å². The van der Waals surface area contributed by atoms with Crippen LogP contribution in [0.1, 0.15) is 28.8 Å². The maximum Gasteiger partial charge on any atom is 0.261 e. The summed E-state index contributed by atoms with van der Waals surface area (Å²) in [5.41, 5.74) is 1.12. The first kappa shape index (κ1) is 22.0. The van der Waals surface area contributed by atoms with Gasteiger partial charge in [0.1, 0.15) is 6.04 Å². The maximum absolute atomic E-state index is 12.7. The van der Waals surface area contributed by atoms with Crippen LogP contribution in [0.3, 0.4) is 0 Å². The highest BCUT2D eigenvalue weighted by atomic mass is 32.2. The zero-order valence-corrected chi connectivity index (χ0v) is 18.5. The Morgan fingerprint density at radius 2 is 1.62 bits per heavy atom. The molecule has 10 nitrogen and oxygen atoms in total. The number of amides is 3. The average Bonchev–Trinajstić information content (AvgIpc) is 3.03. The van der Waals surface area contributed by atoms with E-state index in [0.717, 1.165) is 6.26 Å². The molecule has 12 heteroatoms. The minimum Gasteiger partial charge on any atom is -0.322 e. The molecule has 1 fully saturated rings. The number of carbonyl (C=O) groups excluding carboxylic acids is 3. The van der Waals surface area contributed by atoms with Crippen molar-refractivity contribution in [3.05, 3.63) is 53.6 Å². The molecule has 2 aromatic carbocycles. The third-order valence-electron chi connectivity index (χ3n) is 5.34. The molecule has 0 saturated carbocycles. The standard InChI is InChI=1S/C20H19N3O7S2/c1-31(27,28)14-3-5-15(6-4-14)32(29,30)22-13-2-7-16-12(10-13)11-23(20(16)26)17-8-9-18(24)21-19(17)25/h2-7,10,17,22H,8-9,11H2,1H3,(H,21,24,25). The van der Waals surface area contributed by atoms with E-state index < -0.39 is 31.8 Å². The maximum atomic E-state index is 12.7. The number of imide groups is 1. The second kappa shape index (κ2) is 7.71. The molecule has 0 aliphatic carbocycles. The summed E-state index contributed by atoms with van der Waals surface area (Å²) in [4.78, 5) is 37.5. The van der Waals surface area contributed by atoms with Gasteiger partial charge >= 0.3 is 0 Å². The van der Waals surface area contributed by atoms with Gasteiger partial charge in [0.2, 0.25) is 11.8 Å². The molecule has 2 aliphatic rings. The smallest absolute Gasteiger partial charge is 0.261 e. The van der Waals surface area contributed by atoms with Crippen molar-refractivity contribution in [2.24, 2.45) is 0 Å². The molecule has 0 aromatic heterocycles. The lowest BCUT2D eigenvalue weighted by Gasteiger charge is -2.29. The van der Waals surface area contributed by atoms with Crippen molar-refractivity contribution in [2.45, 2.75) is 35.2 Å². The molecule has 4 rings (SSSR count). The number of carbonyl (C=O) groups is 3. The van der Waals surface area contributed by atoms with E-state index in [2.05, 4.69) is 10.0 Å². The summed E-state index contributed by atoms with van der Waals surface area (Å²) < 4.78 is 50.9. The van der Waals surface area contributed by atoms with Crippen molar-refractivity contribution in [1.82, 2.24) is 10.2 Å². The van der Waals surface area contributed by atoms with Crippen LogP contribution in [0, 0.1) is 0 Å². The Hall–Kier alpha value is -3.25. The molecular weight excluding hydrogens is 458 g/mol. The molecule has 1 unspecified atom stereocenters. The molecular formula is C20H19N3O7S2. The number of anilines is 1. The van der Waals surface area contributed by atoms with Crippen LogP contribution in [0.25, 0.3) is 0 Å². The largest absolute Gasteiger partial charge is 0.322 e. The van der Waals surface area contributed by atoms with Crippen LogP contribution in [0.2, 0.25) is 0 Å². The lowest BCUT2D eigenvalue weighted by molar-refractivity contribution is -0.136. The summed E-state index contributed by atoms with van der Waals surface area (Å²) in [7, 11) is -7.46. The fourth-order valence-corrected chi connectivity index (χ4v) is 5.40. The van der Waals surface area contributed by atoms with Gasteiger partial charge in [-0.05, 0) is 54.4 Å². The van der Waals surface area contributed by atoms with Gasteiger partial charge in [0.25, 0.3) is 15.9 Å². The Kier molecular flexibility index (Phi) is 5.29. The van der Waals surface area contributed by atoms with Gasteiger partial charge in [-0.2, -0.15) is 0 Å². The van der Waals surface area contributed by atoms with E-state index in [1.165, 1.54) is 47.4 Å². The van der Waals surface area contributed by atoms with Crippen LogP contribution in [0.5, 0.6) is 0 Å². The van der Waals surface area contributed by atoms with Crippen molar-refractivity contribution >= 4 is 43.3 Å². The number of hydrogen-bond donors (Lipinski definition) is 2.